The number of aromatic nitrogens is 1. The lowest BCUT2D eigenvalue weighted by Crippen LogP contribution is -2.38. The first-order valence-corrected chi connectivity index (χ1v) is 8.12. The first-order chi connectivity index (χ1) is 9.29. The highest BCUT2D eigenvalue weighted by atomic mass is 32.1. The lowest BCUT2D eigenvalue weighted by molar-refractivity contribution is 0.0357. The van der Waals surface area contributed by atoms with Crippen molar-refractivity contribution in [3.63, 3.8) is 0 Å². The minimum atomic E-state index is 0.524. The number of hydrogen-bond donors (Lipinski definition) is 1. The highest BCUT2D eigenvalue weighted by Crippen LogP contribution is 2.21. The third-order valence-electron chi connectivity index (χ3n) is 3.43. The summed E-state index contributed by atoms with van der Waals surface area (Å²) < 4.78 is 5.38. The molecule has 0 spiro atoms. The van der Waals surface area contributed by atoms with Crippen molar-refractivity contribution < 1.29 is 4.74 Å². The molecule has 1 aliphatic heterocycles. The second-order valence-electron chi connectivity index (χ2n) is 5.09. The summed E-state index contributed by atoms with van der Waals surface area (Å²) in [5.41, 5.74) is 1.23. The Balaban J connectivity index is 1.79. The molecule has 108 valence electrons. The summed E-state index contributed by atoms with van der Waals surface area (Å²) in [5, 5.41) is 6.83. The molecule has 2 heterocycles. The van der Waals surface area contributed by atoms with Crippen LogP contribution in [-0.4, -0.2) is 55.8 Å². The maximum absolute atomic E-state index is 5.38. The number of likely N-dealkylation sites (N-methyl/N-ethyl adjacent to an activating group) is 1. The van der Waals surface area contributed by atoms with Gasteiger partial charge in [-0.05, 0) is 6.54 Å². The summed E-state index contributed by atoms with van der Waals surface area (Å²) >= 11 is 1.81. The van der Waals surface area contributed by atoms with Crippen molar-refractivity contribution >= 4 is 11.3 Å². The topological polar surface area (TPSA) is 37.4 Å². The first-order valence-electron chi connectivity index (χ1n) is 7.24. The lowest BCUT2D eigenvalue weighted by atomic mass is 10.1. The Kier molecular flexibility index (Phi) is 6.23. The molecule has 0 bridgehead atoms. The van der Waals surface area contributed by atoms with Crippen LogP contribution in [0.3, 0.4) is 0 Å². The van der Waals surface area contributed by atoms with Crippen molar-refractivity contribution in [2.75, 3.05) is 45.9 Å². The molecule has 1 aromatic heterocycles. The van der Waals surface area contributed by atoms with Crippen LogP contribution in [0.5, 0.6) is 0 Å². The van der Waals surface area contributed by atoms with E-state index in [-0.39, 0.29) is 0 Å². The van der Waals surface area contributed by atoms with Crippen LogP contribution in [0, 0.1) is 0 Å². The highest BCUT2D eigenvalue weighted by molar-refractivity contribution is 7.09. The largest absolute Gasteiger partial charge is 0.379 e. The zero-order valence-corrected chi connectivity index (χ0v) is 12.8. The van der Waals surface area contributed by atoms with Gasteiger partial charge in [0.15, 0.2) is 0 Å². The van der Waals surface area contributed by atoms with Gasteiger partial charge in [0.2, 0.25) is 0 Å². The van der Waals surface area contributed by atoms with Gasteiger partial charge < -0.3 is 10.1 Å². The molecular formula is C14H25N3OS. The molecule has 1 unspecified atom stereocenters. The van der Waals surface area contributed by atoms with E-state index in [4.69, 9.17) is 9.72 Å². The zero-order chi connectivity index (χ0) is 13.5. The molecule has 0 aliphatic carbocycles. The molecule has 0 aromatic carbocycles. The van der Waals surface area contributed by atoms with Gasteiger partial charge in [-0.1, -0.05) is 13.8 Å². The SMILES string of the molecule is CCNCCc1csc(C(C)CN2CCOCC2)n1. The number of ether oxygens (including phenoxy) is 1. The summed E-state index contributed by atoms with van der Waals surface area (Å²) in [5.74, 6) is 0.524. The summed E-state index contributed by atoms with van der Waals surface area (Å²) in [6.45, 7) is 11.4. The van der Waals surface area contributed by atoms with E-state index in [0.29, 0.717) is 5.92 Å². The fraction of sp³-hybridized carbons (Fsp3) is 0.786. The van der Waals surface area contributed by atoms with Crippen molar-refractivity contribution in [2.24, 2.45) is 0 Å². The fourth-order valence-electron chi connectivity index (χ4n) is 2.31. The minimum absolute atomic E-state index is 0.524. The first kappa shape index (κ1) is 14.9. The van der Waals surface area contributed by atoms with E-state index in [2.05, 4.69) is 29.4 Å². The Morgan fingerprint density at radius 2 is 2.26 bits per heavy atom. The van der Waals surface area contributed by atoms with Crippen LogP contribution < -0.4 is 5.32 Å². The van der Waals surface area contributed by atoms with Gasteiger partial charge in [0.1, 0.15) is 0 Å². The summed E-state index contributed by atoms with van der Waals surface area (Å²) in [4.78, 5) is 7.25. The Labute approximate surface area is 120 Å². The van der Waals surface area contributed by atoms with Crippen LogP contribution in [0.15, 0.2) is 5.38 Å². The molecule has 1 aromatic rings. The van der Waals surface area contributed by atoms with Gasteiger partial charge in [0, 0.05) is 43.9 Å². The van der Waals surface area contributed by atoms with Crippen LogP contribution in [-0.2, 0) is 11.2 Å². The van der Waals surface area contributed by atoms with E-state index in [0.717, 1.165) is 52.4 Å². The van der Waals surface area contributed by atoms with Crippen molar-refractivity contribution in [3.05, 3.63) is 16.1 Å². The molecule has 2 rings (SSSR count). The van der Waals surface area contributed by atoms with Crippen molar-refractivity contribution in [2.45, 2.75) is 26.2 Å². The smallest absolute Gasteiger partial charge is 0.0969 e. The van der Waals surface area contributed by atoms with Crippen molar-refractivity contribution in [1.29, 1.82) is 0 Å². The van der Waals surface area contributed by atoms with Crippen molar-refractivity contribution in [3.8, 4) is 0 Å². The third-order valence-corrected chi connectivity index (χ3v) is 4.56. The maximum atomic E-state index is 5.38. The predicted molar refractivity (Wildman–Crippen MR) is 80.0 cm³/mol. The maximum Gasteiger partial charge on any atom is 0.0969 e. The third kappa shape index (κ3) is 4.84. The van der Waals surface area contributed by atoms with E-state index in [1.165, 1.54) is 10.7 Å². The fourth-order valence-corrected chi connectivity index (χ4v) is 3.21. The van der Waals surface area contributed by atoms with Gasteiger partial charge in [-0.15, -0.1) is 11.3 Å². The Bertz CT molecular complexity index is 363. The second kappa shape index (κ2) is 7.94. The normalized spacial score (nSPS) is 18.6. The number of nitrogens with zero attached hydrogens (tertiary/aromatic N) is 2. The molecule has 1 atom stereocenters. The number of thiazole rings is 1. The van der Waals surface area contributed by atoms with E-state index in [1.54, 1.807) is 0 Å². The van der Waals surface area contributed by atoms with Gasteiger partial charge in [-0.3, -0.25) is 4.90 Å². The summed E-state index contributed by atoms with van der Waals surface area (Å²) in [6, 6.07) is 0. The van der Waals surface area contributed by atoms with Crippen LogP contribution >= 0.6 is 11.3 Å². The van der Waals surface area contributed by atoms with Crippen LogP contribution in [0.2, 0.25) is 0 Å². The quantitative estimate of drug-likeness (QED) is 0.773. The molecule has 1 saturated heterocycles. The Morgan fingerprint density at radius 1 is 1.47 bits per heavy atom. The summed E-state index contributed by atoms with van der Waals surface area (Å²) in [7, 11) is 0. The van der Waals surface area contributed by atoms with E-state index in [9.17, 15) is 0 Å². The number of hydrogen-bond acceptors (Lipinski definition) is 5. The number of nitrogens with one attached hydrogen (secondary N) is 1. The predicted octanol–water partition coefficient (Wildman–Crippen LogP) is 1.73. The van der Waals surface area contributed by atoms with Crippen LogP contribution in [0.1, 0.15) is 30.5 Å². The molecular weight excluding hydrogens is 258 g/mol. The molecule has 0 amide bonds. The zero-order valence-electron chi connectivity index (χ0n) is 12.0. The lowest BCUT2D eigenvalue weighted by Gasteiger charge is -2.28. The molecule has 4 nitrogen and oxygen atoms in total. The van der Waals surface area contributed by atoms with Gasteiger partial charge in [-0.2, -0.15) is 0 Å². The molecule has 5 heteroatoms. The molecule has 19 heavy (non-hydrogen) atoms. The van der Waals surface area contributed by atoms with E-state index in [1.807, 2.05) is 11.3 Å². The molecule has 1 aliphatic rings. The second-order valence-corrected chi connectivity index (χ2v) is 5.98. The Morgan fingerprint density at radius 3 is 3.00 bits per heavy atom. The van der Waals surface area contributed by atoms with Gasteiger partial charge >= 0.3 is 0 Å². The highest BCUT2D eigenvalue weighted by Gasteiger charge is 2.17. The average molecular weight is 283 g/mol. The molecule has 1 fully saturated rings. The Hall–Kier alpha value is -0.490. The van der Waals surface area contributed by atoms with Gasteiger partial charge in [0.25, 0.3) is 0 Å². The van der Waals surface area contributed by atoms with Gasteiger partial charge in [-0.25, -0.2) is 4.98 Å². The minimum Gasteiger partial charge on any atom is -0.379 e. The average Bonchev–Trinajstić information content (AvgIpc) is 2.89. The van der Waals surface area contributed by atoms with E-state index >= 15 is 0 Å². The van der Waals surface area contributed by atoms with E-state index < -0.39 is 0 Å². The number of rotatable bonds is 7. The standard InChI is InChI=1S/C14H25N3OS/c1-3-15-5-4-13-11-19-14(16-13)12(2)10-17-6-8-18-9-7-17/h11-12,15H,3-10H2,1-2H3. The molecule has 0 saturated carbocycles. The van der Waals surface area contributed by atoms with Gasteiger partial charge in [0.05, 0.1) is 23.9 Å². The monoisotopic (exact) mass is 283 g/mol. The summed E-state index contributed by atoms with van der Waals surface area (Å²) in [6.07, 6.45) is 1.04. The molecule has 1 N–H and O–H groups in total. The molecule has 0 radical (unpaired) electrons. The van der Waals surface area contributed by atoms with Crippen molar-refractivity contribution in [1.82, 2.24) is 15.2 Å². The number of morpholine rings is 1. The van der Waals surface area contributed by atoms with Crippen LogP contribution in [0.25, 0.3) is 0 Å². The van der Waals surface area contributed by atoms with Crippen LogP contribution in [0.4, 0.5) is 0 Å².